The van der Waals surface area contributed by atoms with Crippen LogP contribution in [0.5, 0.6) is 5.75 Å². The van der Waals surface area contributed by atoms with Crippen molar-refractivity contribution >= 4 is 17.5 Å². The van der Waals surface area contributed by atoms with E-state index in [2.05, 4.69) is 5.10 Å². The van der Waals surface area contributed by atoms with Crippen molar-refractivity contribution in [1.82, 2.24) is 19.2 Å². The molecule has 0 N–H and O–H groups in total. The van der Waals surface area contributed by atoms with Crippen LogP contribution in [0.15, 0.2) is 59.4 Å². The van der Waals surface area contributed by atoms with E-state index in [9.17, 15) is 14.4 Å². The van der Waals surface area contributed by atoms with E-state index in [1.54, 1.807) is 23.6 Å². The maximum absolute atomic E-state index is 13.3. The summed E-state index contributed by atoms with van der Waals surface area (Å²) < 4.78 is 8.31. The highest BCUT2D eigenvalue weighted by Gasteiger charge is 2.39. The van der Waals surface area contributed by atoms with Crippen molar-refractivity contribution in [3.63, 3.8) is 0 Å². The van der Waals surface area contributed by atoms with E-state index in [0.29, 0.717) is 25.4 Å². The second-order valence-corrected chi connectivity index (χ2v) is 9.14. The van der Waals surface area contributed by atoms with Gasteiger partial charge in [0.15, 0.2) is 0 Å². The molecular weight excluding hydrogens is 446 g/mol. The van der Waals surface area contributed by atoms with Crippen molar-refractivity contribution in [2.45, 2.75) is 25.2 Å². The maximum Gasteiger partial charge on any atom is 0.350 e. The number of rotatable bonds is 5. The van der Waals surface area contributed by atoms with Gasteiger partial charge >= 0.3 is 5.69 Å². The summed E-state index contributed by atoms with van der Waals surface area (Å²) in [7, 11) is 3.25. The molecule has 2 aromatic carbocycles. The topological polar surface area (TPSA) is 89.7 Å². The number of likely N-dealkylation sites (tertiary alicyclic amines) is 1. The van der Waals surface area contributed by atoms with E-state index >= 15 is 0 Å². The highest BCUT2D eigenvalue weighted by Crippen LogP contribution is 2.32. The smallest absolute Gasteiger partial charge is 0.350 e. The maximum atomic E-state index is 13.3. The standard InChI is InChI=1S/C26H29N5O4/c1-28-26(34)31(20-7-4-3-5-8-20)24(27-28)18-11-13-29(14-12-18)25(33)19-15-23(32)30(17-19)21-9-6-10-22(16-21)35-2/h3-10,16,18-19H,11-15,17H2,1-2H3. The normalized spacial score (nSPS) is 18.8. The molecule has 1 unspecified atom stereocenters. The molecule has 1 atom stereocenters. The molecule has 3 aromatic rings. The lowest BCUT2D eigenvalue weighted by Gasteiger charge is -2.33. The molecule has 0 bridgehead atoms. The quantitative estimate of drug-likeness (QED) is 0.565. The molecule has 0 aliphatic carbocycles. The van der Waals surface area contributed by atoms with Crippen LogP contribution in [0.2, 0.25) is 0 Å². The fourth-order valence-electron chi connectivity index (χ4n) is 5.09. The van der Waals surface area contributed by atoms with Crippen LogP contribution in [-0.4, -0.2) is 57.8 Å². The number of hydrogen-bond donors (Lipinski definition) is 0. The summed E-state index contributed by atoms with van der Waals surface area (Å²) in [6.07, 6.45) is 1.65. The Labute approximate surface area is 203 Å². The minimum absolute atomic E-state index is 0.0173. The molecule has 1 aromatic heterocycles. The van der Waals surface area contributed by atoms with E-state index in [4.69, 9.17) is 4.74 Å². The van der Waals surface area contributed by atoms with Crippen LogP contribution in [0, 0.1) is 5.92 Å². The average molecular weight is 476 g/mol. The van der Waals surface area contributed by atoms with Gasteiger partial charge in [0.05, 0.1) is 18.7 Å². The number of nitrogens with zero attached hydrogens (tertiary/aromatic N) is 5. The number of aryl methyl sites for hydroxylation is 1. The summed E-state index contributed by atoms with van der Waals surface area (Å²) in [5.74, 6) is 1.09. The predicted octanol–water partition coefficient (Wildman–Crippen LogP) is 2.34. The van der Waals surface area contributed by atoms with E-state index in [1.165, 1.54) is 4.68 Å². The molecule has 0 saturated carbocycles. The monoisotopic (exact) mass is 475 g/mol. The molecule has 0 radical (unpaired) electrons. The Morgan fingerprint density at radius 1 is 1.00 bits per heavy atom. The number of carbonyl (C=O) groups is 2. The number of amides is 2. The molecular formula is C26H29N5O4. The molecule has 2 saturated heterocycles. The first-order chi connectivity index (χ1) is 17.0. The summed E-state index contributed by atoms with van der Waals surface area (Å²) in [6, 6.07) is 16.9. The zero-order chi connectivity index (χ0) is 24.5. The first kappa shape index (κ1) is 22.9. The minimum Gasteiger partial charge on any atom is -0.497 e. The fourth-order valence-corrected chi connectivity index (χ4v) is 5.09. The Kier molecular flexibility index (Phi) is 6.15. The number of para-hydroxylation sites is 1. The first-order valence-electron chi connectivity index (χ1n) is 11.9. The van der Waals surface area contributed by atoms with Crippen molar-refractivity contribution in [3.8, 4) is 11.4 Å². The molecule has 9 heteroatoms. The van der Waals surface area contributed by atoms with Crippen LogP contribution >= 0.6 is 0 Å². The highest BCUT2D eigenvalue weighted by molar-refractivity contribution is 6.00. The van der Waals surface area contributed by atoms with Crippen molar-refractivity contribution in [3.05, 3.63) is 70.9 Å². The van der Waals surface area contributed by atoms with Crippen molar-refractivity contribution in [1.29, 1.82) is 0 Å². The third kappa shape index (κ3) is 4.34. The van der Waals surface area contributed by atoms with E-state index in [1.807, 2.05) is 59.5 Å². The van der Waals surface area contributed by atoms with Crippen molar-refractivity contribution in [2.75, 3.05) is 31.6 Å². The van der Waals surface area contributed by atoms with Gasteiger partial charge in [0.2, 0.25) is 11.8 Å². The van der Waals surface area contributed by atoms with E-state index in [0.717, 1.165) is 30.0 Å². The lowest BCUT2D eigenvalue weighted by molar-refractivity contribution is -0.136. The van der Waals surface area contributed by atoms with Gasteiger partial charge in [-0.3, -0.25) is 9.59 Å². The SMILES string of the molecule is COc1cccc(N2CC(C(=O)N3CCC(c4nn(C)c(=O)n4-c4ccccc4)CC3)CC2=O)c1. The second kappa shape index (κ2) is 9.40. The number of anilines is 1. The largest absolute Gasteiger partial charge is 0.497 e. The lowest BCUT2D eigenvalue weighted by Crippen LogP contribution is -2.42. The van der Waals surface area contributed by atoms with Gasteiger partial charge in [-0.2, -0.15) is 5.10 Å². The predicted molar refractivity (Wildman–Crippen MR) is 131 cm³/mol. The lowest BCUT2D eigenvalue weighted by atomic mass is 9.94. The molecule has 0 spiro atoms. The van der Waals surface area contributed by atoms with Gasteiger partial charge in [-0.15, -0.1) is 0 Å². The average Bonchev–Trinajstić information content (AvgIpc) is 3.43. The fraction of sp³-hybridized carbons (Fsp3) is 0.385. The van der Waals surface area contributed by atoms with E-state index < -0.39 is 0 Å². The highest BCUT2D eigenvalue weighted by atomic mass is 16.5. The summed E-state index contributed by atoms with van der Waals surface area (Å²) >= 11 is 0. The second-order valence-electron chi connectivity index (χ2n) is 9.14. The molecule has 3 heterocycles. The van der Waals surface area contributed by atoms with Gasteiger partial charge < -0.3 is 14.5 Å². The molecule has 35 heavy (non-hydrogen) atoms. The first-order valence-corrected chi connectivity index (χ1v) is 11.9. The summed E-state index contributed by atoms with van der Waals surface area (Å²) in [5.41, 5.74) is 1.37. The Morgan fingerprint density at radius 3 is 2.43 bits per heavy atom. The number of hydrogen-bond acceptors (Lipinski definition) is 5. The van der Waals surface area contributed by atoms with Crippen LogP contribution in [-0.2, 0) is 16.6 Å². The van der Waals surface area contributed by atoms with Gasteiger partial charge in [-0.25, -0.2) is 14.0 Å². The molecule has 2 aliphatic heterocycles. The Hall–Kier alpha value is -3.88. The van der Waals surface area contributed by atoms with Crippen molar-refractivity contribution < 1.29 is 14.3 Å². The molecule has 182 valence electrons. The Balaban J connectivity index is 1.26. The number of aromatic nitrogens is 3. The Bertz CT molecular complexity index is 1290. The van der Waals surface area contributed by atoms with E-state index in [-0.39, 0.29) is 35.8 Å². The van der Waals surface area contributed by atoms with Crippen LogP contribution in [0.4, 0.5) is 5.69 Å². The van der Waals surface area contributed by atoms with Gasteiger partial charge in [0, 0.05) is 50.8 Å². The van der Waals surface area contributed by atoms with Gasteiger partial charge in [0.1, 0.15) is 11.6 Å². The molecule has 2 aliphatic rings. The third-order valence-electron chi connectivity index (χ3n) is 6.98. The zero-order valence-electron chi connectivity index (χ0n) is 20.0. The van der Waals surface area contributed by atoms with Crippen LogP contribution in [0.25, 0.3) is 5.69 Å². The van der Waals surface area contributed by atoms with Crippen LogP contribution in [0.1, 0.15) is 31.0 Å². The Morgan fingerprint density at radius 2 is 1.71 bits per heavy atom. The zero-order valence-corrected chi connectivity index (χ0v) is 20.0. The summed E-state index contributed by atoms with van der Waals surface area (Å²) in [6.45, 7) is 1.53. The summed E-state index contributed by atoms with van der Waals surface area (Å²) in [4.78, 5) is 42.3. The number of methoxy groups -OCH3 is 1. The number of ether oxygens (including phenoxy) is 1. The molecule has 2 fully saturated rings. The number of piperidine rings is 1. The molecule has 2 amide bonds. The van der Waals surface area contributed by atoms with Crippen LogP contribution < -0.4 is 15.3 Å². The van der Waals surface area contributed by atoms with Gasteiger partial charge in [-0.05, 0) is 37.1 Å². The number of carbonyl (C=O) groups excluding carboxylic acids is 2. The van der Waals surface area contributed by atoms with Gasteiger partial charge in [-0.1, -0.05) is 24.3 Å². The minimum atomic E-state index is -0.359. The molecule has 9 nitrogen and oxygen atoms in total. The third-order valence-corrected chi connectivity index (χ3v) is 6.98. The molecule has 5 rings (SSSR count). The summed E-state index contributed by atoms with van der Waals surface area (Å²) in [5, 5.41) is 4.53. The van der Waals surface area contributed by atoms with Gasteiger partial charge in [0.25, 0.3) is 0 Å². The number of benzene rings is 2. The van der Waals surface area contributed by atoms with Crippen LogP contribution in [0.3, 0.4) is 0 Å². The van der Waals surface area contributed by atoms with Crippen molar-refractivity contribution in [2.24, 2.45) is 13.0 Å².